The van der Waals surface area contributed by atoms with Crippen LogP contribution in [-0.4, -0.2) is 31.9 Å². The number of nitrogens with zero attached hydrogens (tertiary/aromatic N) is 1. The minimum absolute atomic E-state index is 0. The molecule has 1 atom stereocenters. The third-order valence-electron chi connectivity index (χ3n) is 2.70. The Labute approximate surface area is 116 Å². The number of sulfonamides is 1. The first-order chi connectivity index (χ1) is 7.91. The fourth-order valence-electron chi connectivity index (χ4n) is 1.79. The van der Waals surface area contributed by atoms with Gasteiger partial charge in [-0.05, 0) is 24.6 Å². The topological polar surface area (TPSA) is 63.4 Å². The van der Waals surface area contributed by atoms with Gasteiger partial charge in [0.25, 0.3) is 0 Å². The van der Waals surface area contributed by atoms with Crippen LogP contribution in [-0.2, 0) is 10.0 Å². The quantitative estimate of drug-likeness (QED) is 0.902. The first-order valence-electron chi connectivity index (χ1n) is 5.12. The van der Waals surface area contributed by atoms with Gasteiger partial charge in [-0.2, -0.15) is 4.31 Å². The SMILES string of the molecule is Cl.N[C@H]1CCN(S(=O)(=O)c2cc(Cl)ccc2F)C1. The van der Waals surface area contributed by atoms with Crippen LogP contribution in [0.5, 0.6) is 0 Å². The maximum Gasteiger partial charge on any atom is 0.246 e. The molecule has 0 spiro atoms. The number of hydrogen-bond acceptors (Lipinski definition) is 3. The molecule has 2 N–H and O–H groups in total. The minimum Gasteiger partial charge on any atom is -0.326 e. The second-order valence-corrected chi connectivity index (χ2v) is 6.33. The lowest BCUT2D eigenvalue weighted by Gasteiger charge is -2.16. The molecule has 0 amide bonds. The molecule has 1 aliphatic rings. The van der Waals surface area contributed by atoms with Crippen molar-refractivity contribution in [1.82, 2.24) is 4.31 Å². The number of benzene rings is 1. The summed E-state index contributed by atoms with van der Waals surface area (Å²) in [5, 5.41) is 0.188. The van der Waals surface area contributed by atoms with Gasteiger partial charge >= 0.3 is 0 Å². The molecule has 0 bridgehead atoms. The number of hydrogen-bond donors (Lipinski definition) is 1. The molecule has 102 valence electrons. The fourth-order valence-corrected chi connectivity index (χ4v) is 3.63. The van der Waals surface area contributed by atoms with E-state index in [-0.39, 0.29) is 34.9 Å². The monoisotopic (exact) mass is 314 g/mol. The molecule has 0 unspecified atom stereocenters. The van der Waals surface area contributed by atoms with E-state index < -0.39 is 15.8 Å². The van der Waals surface area contributed by atoms with Crippen LogP contribution in [0.4, 0.5) is 4.39 Å². The Hall–Kier alpha value is -0.400. The summed E-state index contributed by atoms with van der Waals surface area (Å²) < 4.78 is 39.0. The molecule has 2 rings (SSSR count). The summed E-state index contributed by atoms with van der Waals surface area (Å²) in [6.07, 6.45) is 0.585. The van der Waals surface area contributed by atoms with Crippen molar-refractivity contribution in [2.45, 2.75) is 17.4 Å². The third-order valence-corrected chi connectivity index (χ3v) is 4.81. The van der Waals surface area contributed by atoms with Crippen molar-refractivity contribution in [3.8, 4) is 0 Å². The molecule has 1 aromatic rings. The average molecular weight is 315 g/mol. The maximum atomic E-state index is 13.5. The Morgan fingerprint density at radius 1 is 1.44 bits per heavy atom. The van der Waals surface area contributed by atoms with E-state index in [4.69, 9.17) is 17.3 Å². The van der Waals surface area contributed by atoms with Crippen molar-refractivity contribution in [2.75, 3.05) is 13.1 Å². The van der Waals surface area contributed by atoms with Crippen LogP contribution < -0.4 is 5.73 Å². The van der Waals surface area contributed by atoms with Crippen LogP contribution in [0.25, 0.3) is 0 Å². The standard InChI is InChI=1S/C10H12ClFN2O2S.ClH/c11-7-1-2-9(12)10(5-7)17(15,16)14-4-3-8(13)6-14;/h1-2,5,8H,3-4,6,13H2;1H/t8-;/m0./s1. The van der Waals surface area contributed by atoms with Crippen LogP contribution in [0, 0.1) is 5.82 Å². The van der Waals surface area contributed by atoms with Gasteiger partial charge in [-0.15, -0.1) is 12.4 Å². The summed E-state index contributed by atoms with van der Waals surface area (Å²) in [6, 6.07) is 3.29. The van der Waals surface area contributed by atoms with Gasteiger partial charge in [0, 0.05) is 24.2 Å². The first-order valence-corrected chi connectivity index (χ1v) is 6.94. The lowest BCUT2D eigenvalue weighted by molar-refractivity contribution is 0.465. The smallest absolute Gasteiger partial charge is 0.246 e. The second kappa shape index (κ2) is 5.71. The van der Waals surface area contributed by atoms with Crippen molar-refractivity contribution in [1.29, 1.82) is 0 Å². The minimum atomic E-state index is -3.83. The van der Waals surface area contributed by atoms with Gasteiger partial charge in [0.05, 0.1) is 0 Å². The van der Waals surface area contributed by atoms with E-state index in [0.29, 0.717) is 13.0 Å². The van der Waals surface area contributed by atoms with Crippen molar-refractivity contribution < 1.29 is 12.8 Å². The van der Waals surface area contributed by atoms with Gasteiger partial charge in [0.15, 0.2) is 0 Å². The zero-order valence-electron chi connectivity index (χ0n) is 9.34. The normalized spacial score (nSPS) is 20.7. The van der Waals surface area contributed by atoms with E-state index in [1.807, 2.05) is 0 Å². The zero-order valence-corrected chi connectivity index (χ0v) is 11.7. The Kier molecular flexibility index (Phi) is 4.97. The predicted octanol–water partition coefficient (Wildman–Crippen LogP) is 1.62. The molecule has 18 heavy (non-hydrogen) atoms. The fraction of sp³-hybridized carbons (Fsp3) is 0.400. The number of halogens is 3. The van der Waals surface area contributed by atoms with Crippen LogP contribution in [0.1, 0.15) is 6.42 Å². The van der Waals surface area contributed by atoms with Crippen molar-refractivity contribution in [2.24, 2.45) is 5.73 Å². The maximum absolute atomic E-state index is 13.5. The molecule has 1 aliphatic heterocycles. The Balaban J connectivity index is 0.00000162. The molecular weight excluding hydrogens is 302 g/mol. The third kappa shape index (κ3) is 2.95. The van der Waals surface area contributed by atoms with Crippen LogP contribution in [0.15, 0.2) is 23.1 Å². The molecule has 0 saturated carbocycles. The first kappa shape index (κ1) is 15.7. The number of rotatable bonds is 2. The van der Waals surface area contributed by atoms with Gasteiger partial charge in [-0.25, -0.2) is 12.8 Å². The highest BCUT2D eigenvalue weighted by Gasteiger charge is 2.32. The Morgan fingerprint density at radius 3 is 2.67 bits per heavy atom. The summed E-state index contributed by atoms with van der Waals surface area (Å²) in [5.74, 6) is -0.796. The molecule has 1 aromatic carbocycles. The van der Waals surface area contributed by atoms with Crippen molar-refractivity contribution in [3.05, 3.63) is 29.0 Å². The molecule has 0 aliphatic carbocycles. The van der Waals surface area contributed by atoms with Gasteiger partial charge in [0.2, 0.25) is 10.0 Å². The Morgan fingerprint density at radius 2 is 2.11 bits per heavy atom. The molecule has 1 heterocycles. The van der Waals surface area contributed by atoms with E-state index in [1.165, 1.54) is 10.4 Å². The van der Waals surface area contributed by atoms with E-state index >= 15 is 0 Å². The lowest BCUT2D eigenvalue weighted by Crippen LogP contribution is -2.32. The lowest BCUT2D eigenvalue weighted by atomic mass is 10.3. The van der Waals surface area contributed by atoms with Crippen molar-refractivity contribution in [3.63, 3.8) is 0 Å². The van der Waals surface area contributed by atoms with E-state index in [2.05, 4.69) is 0 Å². The summed E-state index contributed by atoms with van der Waals surface area (Å²) >= 11 is 5.68. The van der Waals surface area contributed by atoms with Crippen LogP contribution in [0.3, 0.4) is 0 Å². The predicted molar refractivity (Wildman–Crippen MR) is 70.0 cm³/mol. The van der Waals surface area contributed by atoms with Gasteiger partial charge in [-0.3, -0.25) is 0 Å². The largest absolute Gasteiger partial charge is 0.326 e. The summed E-state index contributed by atoms with van der Waals surface area (Å²) in [7, 11) is -3.83. The highest BCUT2D eigenvalue weighted by atomic mass is 35.5. The van der Waals surface area contributed by atoms with Gasteiger partial charge in [-0.1, -0.05) is 11.6 Å². The zero-order chi connectivity index (χ0) is 12.6. The molecular formula is C10H13Cl2FN2O2S. The highest BCUT2D eigenvalue weighted by Crippen LogP contribution is 2.25. The average Bonchev–Trinajstić information content (AvgIpc) is 2.69. The highest BCUT2D eigenvalue weighted by molar-refractivity contribution is 7.89. The van der Waals surface area contributed by atoms with E-state index in [1.54, 1.807) is 0 Å². The molecule has 4 nitrogen and oxygen atoms in total. The van der Waals surface area contributed by atoms with E-state index in [0.717, 1.165) is 12.1 Å². The second-order valence-electron chi connectivity index (χ2n) is 3.99. The van der Waals surface area contributed by atoms with Crippen molar-refractivity contribution >= 4 is 34.0 Å². The molecule has 0 radical (unpaired) electrons. The summed E-state index contributed by atoms with van der Waals surface area (Å²) in [6.45, 7) is 0.531. The van der Waals surface area contributed by atoms with Crippen LogP contribution >= 0.6 is 24.0 Å². The van der Waals surface area contributed by atoms with E-state index in [9.17, 15) is 12.8 Å². The summed E-state index contributed by atoms with van der Waals surface area (Å²) in [4.78, 5) is -0.390. The Bertz CT molecular complexity index is 539. The molecule has 1 saturated heterocycles. The van der Waals surface area contributed by atoms with Gasteiger partial charge < -0.3 is 5.73 Å². The summed E-state index contributed by atoms with van der Waals surface area (Å²) in [5.41, 5.74) is 5.64. The van der Waals surface area contributed by atoms with Gasteiger partial charge in [0.1, 0.15) is 10.7 Å². The molecule has 1 fully saturated rings. The number of nitrogens with two attached hydrogens (primary N) is 1. The molecule has 8 heteroatoms. The molecule has 0 aromatic heterocycles. The van der Waals surface area contributed by atoms with Crippen LogP contribution in [0.2, 0.25) is 5.02 Å².